The molecule has 0 unspecified atom stereocenters. The van der Waals surface area contributed by atoms with Gasteiger partial charge in [0.25, 0.3) is 0 Å². The summed E-state index contributed by atoms with van der Waals surface area (Å²) in [5.41, 5.74) is 6.23. The third kappa shape index (κ3) is 2.86. The Balaban J connectivity index is 2.02. The molecule has 90 valence electrons. The minimum Gasteiger partial charge on any atom is -0.474 e. The highest BCUT2D eigenvalue weighted by atomic mass is 16.5. The molecule has 0 bridgehead atoms. The first-order chi connectivity index (χ1) is 8.19. The van der Waals surface area contributed by atoms with Crippen LogP contribution in [-0.2, 0) is 0 Å². The van der Waals surface area contributed by atoms with Crippen LogP contribution in [-0.4, -0.2) is 36.1 Å². The smallest absolute Gasteiger partial charge is 0.214 e. The van der Waals surface area contributed by atoms with Gasteiger partial charge in [0.1, 0.15) is 12.2 Å². The van der Waals surface area contributed by atoms with Gasteiger partial charge in [-0.25, -0.2) is 4.98 Å². The number of nitrogens with two attached hydrogens (primary N) is 1. The van der Waals surface area contributed by atoms with E-state index in [9.17, 15) is 0 Å². The van der Waals surface area contributed by atoms with E-state index in [1.807, 2.05) is 6.07 Å². The third-order valence-electron chi connectivity index (χ3n) is 2.96. The van der Waals surface area contributed by atoms with E-state index in [-0.39, 0.29) is 11.8 Å². The van der Waals surface area contributed by atoms with Crippen molar-refractivity contribution in [2.24, 2.45) is 0 Å². The minimum atomic E-state index is 0.189. The molecule has 1 fully saturated rings. The molecule has 5 nitrogen and oxygen atoms in total. The predicted octanol–water partition coefficient (Wildman–Crippen LogP) is 1.01. The zero-order chi connectivity index (χ0) is 12.3. The average molecular weight is 232 g/mol. The molecule has 5 heteroatoms. The summed E-state index contributed by atoms with van der Waals surface area (Å²) in [6, 6.07) is 5.33. The van der Waals surface area contributed by atoms with Gasteiger partial charge in [0.15, 0.2) is 5.69 Å². The lowest BCUT2D eigenvalue weighted by Gasteiger charge is -2.28. The fraction of sp³-hybridized carbons (Fsp3) is 0.500. The predicted molar refractivity (Wildman–Crippen MR) is 64.5 cm³/mol. The monoisotopic (exact) mass is 232 g/mol. The van der Waals surface area contributed by atoms with Crippen LogP contribution < -0.4 is 10.5 Å². The molecule has 0 radical (unpaired) electrons. The van der Waals surface area contributed by atoms with E-state index < -0.39 is 0 Å². The number of nitriles is 1. The number of aromatic nitrogens is 1. The van der Waals surface area contributed by atoms with E-state index in [0.717, 1.165) is 25.9 Å². The van der Waals surface area contributed by atoms with Crippen LogP contribution in [0.1, 0.15) is 18.5 Å². The molecule has 0 aliphatic carbocycles. The van der Waals surface area contributed by atoms with Gasteiger partial charge in [-0.3, -0.25) is 0 Å². The Hall–Kier alpha value is -1.80. The van der Waals surface area contributed by atoms with Crippen LogP contribution in [0.3, 0.4) is 0 Å². The number of anilines is 1. The van der Waals surface area contributed by atoms with Crippen molar-refractivity contribution in [2.75, 3.05) is 25.9 Å². The standard InChI is InChI=1S/C12H16N4O/c1-16-6-4-9(5-7-16)17-12-3-2-10(14)11(8-13)15-12/h2-3,9H,4-7,14H2,1H3. The first-order valence-corrected chi connectivity index (χ1v) is 5.71. The normalized spacial score (nSPS) is 17.6. The first-order valence-electron chi connectivity index (χ1n) is 5.71. The van der Waals surface area contributed by atoms with Crippen molar-refractivity contribution in [2.45, 2.75) is 18.9 Å². The topological polar surface area (TPSA) is 75.2 Å². The Bertz CT molecular complexity index is 433. The fourth-order valence-electron chi connectivity index (χ4n) is 1.88. The number of rotatable bonds is 2. The van der Waals surface area contributed by atoms with Gasteiger partial charge in [-0.1, -0.05) is 0 Å². The highest BCUT2D eigenvalue weighted by Crippen LogP contribution is 2.19. The molecule has 17 heavy (non-hydrogen) atoms. The van der Waals surface area contributed by atoms with E-state index >= 15 is 0 Å². The van der Waals surface area contributed by atoms with Gasteiger partial charge < -0.3 is 15.4 Å². The number of hydrogen-bond acceptors (Lipinski definition) is 5. The Labute approximate surface area is 101 Å². The lowest BCUT2D eigenvalue weighted by atomic mass is 10.1. The Kier molecular flexibility index (Phi) is 3.45. The van der Waals surface area contributed by atoms with Crippen LogP contribution >= 0.6 is 0 Å². The lowest BCUT2D eigenvalue weighted by Crippen LogP contribution is -2.35. The SMILES string of the molecule is CN1CCC(Oc2ccc(N)c(C#N)n2)CC1. The number of likely N-dealkylation sites (tertiary alicyclic amines) is 1. The highest BCUT2D eigenvalue weighted by Gasteiger charge is 2.18. The van der Waals surface area contributed by atoms with Gasteiger partial charge in [0.2, 0.25) is 5.88 Å². The summed E-state index contributed by atoms with van der Waals surface area (Å²) < 4.78 is 5.76. The molecule has 2 rings (SSSR count). The van der Waals surface area contributed by atoms with Crippen molar-refractivity contribution in [3.05, 3.63) is 17.8 Å². The second-order valence-corrected chi connectivity index (χ2v) is 4.32. The molecule has 1 aromatic heterocycles. The van der Waals surface area contributed by atoms with Crippen LogP contribution in [0.2, 0.25) is 0 Å². The maximum Gasteiger partial charge on any atom is 0.214 e. The van der Waals surface area contributed by atoms with Crippen molar-refractivity contribution in [3.63, 3.8) is 0 Å². The van der Waals surface area contributed by atoms with Gasteiger partial charge in [-0.15, -0.1) is 0 Å². The van der Waals surface area contributed by atoms with E-state index in [4.69, 9.17) is 15.7 Å². The minimum absolute atomic E-state index is 0.189. The molecule has 0 atom stereocenters. The van der Waals surface area contributed by atoms with Gasteiger partial charge >= 0.3 is 0 Å². The summed E-state index contributed by atoms with van der Waals surface area (Å²) in [6.07, 6.45) is 2.17. The van der Waals surface area contributed by atoms with E-state index in [0.29, 0.717) is 11.6 Å². The molecular weight excluding hydrogens is 216 g/mol. The van der Waals surface area contributed by atoms with E-state index in [1.165, 1.54) is 0 Å². The number of nitrogen functional groups attached to an aromatic ring is 1. The van der Waals surface area contributed by atoms with Gasteiger partial charge in [-0.05, 0) is 26.0 Å². The molecule has 0 saturated carbocycles. The molecule has 0 spiro atoms. The number of piperidine rings is 1. The number of nitrogens with zero attached hydrogens (tertiary/aromatic N) is 3. The van der Waals surface area contributed by atoms with Crippen LogP contribution in [0.5, 0.6) is 5.88 Å². The molecular formula is C12H16N4O. The third-order valence-corrected chi connectivity index (χ3v) is 2.96. The molecule has 2 N–H and O–H groups in total. The number of ether oxygens (including phenoxy) is 1. The average Bonchev–Trinajstić information content (AvgIpc) is 2.34. The van der Waals surface area contributed by atoms with Crippen molar-refractivity contribution >= 4 is 5.69 Å². The van der Waals surface area contributed by atoms with Gasteiger partial charge in [-0.2, -0.15) is 5.26 Å². The summed E-state index contributed by atoms with van der Waals surface area (Å²) in [4.78, 5) is 6.36. The number of pyridine rings is 1. The Morgan fingerprint density at radius 1 is 1.47 bits per heavy atom. The quantitative estimate of drug-likeness (QED) is 0.823. The summed E-state index contributed by atoms with van der Waals surface area (Å²) in [5.74, 6) is 0.491. The van der Waals surface area contributed by atoms with Crippen molar-refractivity contribution < 1.29 is 4.74 Å². The lowest BCUT2D eigenvalue weighted by molar-refractivity contribution is 0.110. The first kappa shape index (κ1) is 11.7. The molecule has 0 amide bonds. The summed E-state index contributed by atoms with van der Waals surface area (Å²) >= 11 is 0. The van der Waals surface area contributed by atoms with E-state index in [2.05, 4.69) is 16.9 Å². The molecule has 1 aliphatic heterocycles. The zero-order valence-corrected chi connectivity index (χ0v) is 9.89. The second-order valence-electron chi connectivity index (χ2n) is 4.32. The Morgan fingerprint density at radius 3 is 2.82 bits per heavy atom. The number of hydrogen-bond donors (Lipinski definition) is 1. The largest absolute Gasteiger partial charge is 0.474 e. The molecule has 2 heterocycles. The fourth-order valence-corrected chi connectivity index (χ4v) is 1.88. The molecule has 1 aliphatic rings. The van der Waals surface area contributed by atoms with Crippen LogP contribution in [0.4, 0.5) is 5.69 Å². The molecule has 1 aromatic rings. The molecule has 0 aromatic carbocycles. The van der Waals surface area contributed by atoms with Gasteiger partial charge in [0.05, 0.1) is 5.69 Å². The molecule has 1 saturated heterocycles. The van der Waals surface area contributed by atoms with Crippen LogP contribution in [0, 0.1) is 11.3 Å². The summed E-state index contributed by atoms with van der Waals surface area (Å²) in [7, 11) is 2.10. The van der Waals surface area contributed by atoms with Crippen molar-refractivity contribution in [1.82, 2.24) is 9.88 Å². The van der Waals surface area contributed by atoms with Gasteiger partial charge in [0, 0.05) is 19.2 Å². The maximum absolute atomic E-state index is 8.83. The van der Waals surface area contributed by atoms with E-state index in [1.54, 1.807) is 12.1 Å². The summed E-state index contributed by atoms with van der Waals surface area (Å²) in [6.45, 7) is 2.06. The summed E-state index contributed by atoms with van der Waals surface area (Å²) in [5, 5.41) is 8.83. The zero-order valence-electron chi connectivity index (χ0n) is 9.89. The van der Waals surface area contributed by atoms with Crippen molar-refractivity contribution in [3.8, 4) is 11.9 Å². The van der Waals surface area contributed by atoms with Crippen molar-refractivity contribution in [1.29, 1.82) is 5.26 Å². The van der Waals surface area contributed by atoms with Crippen LogP contribution in [0.15, 0.2) is 12.1 Å². The maximum atomic E-state index is 8.83. The highest BCUT2D eigenvalue weighted by molar-refractivity contribution is 5.50. The van der Waals surface area contributed by atoms with Crippen LogP contribution in [0.25, 0.3) is 0 Å². The second kappa shape index (κ2) is 5.02. The Morgan fingerprint density at radius 2 is 2.18 bits per heavy atom.